The van der Waals surface area contributed by atoms with E-state index in [1.165, 1.54) is 4.90 Å². The highest BCUT2D eigenvalue weighted by Gasteiger charge is 2.48. The van der Waals surface area contributed by atoms with Crippen molar-refractivity contribution in [2.75, 3.05) is 18.0 Å². The predicted octanol–water partition coefficient (Wildman–Crippen LogP) is 3.17. The number of fused-ring (bicyclic) bond motifs is 1. The average molecular weight is 465 g/mol. The van der Waals surface area contributed by atoms with Gasteiger partial charge in [0.05, 0.1) is 23.7 Å². The number of ether oxygens (including phenoxy) is 1. The van der Waals surface area contributed by atoms with Crippen molar-refractivity contribution < 1.29 is 14.3 Å². The molecule has 2 amide bonds. The molecule has 0 N–H and O–H groups in total. The Morgan fingerprint density at radius 3 is 2.27 bits per heavy atom. The first-order valence-electron chi connectivity index (χ1n) is 9.53. The van der Waals surface area contributed by atoms with Gasteiger partial charge in [0.1, 0.15) is 11.9 Å². The second-order valence-corrected chi connectivity index (χ2v) is 8.07. The van der Waals surface area contributed by atoms with Crippen LogP contribution in [0.15, 0.2) is 71.5 Å². The molecule has 0 unspecified atom stereocenters. The summed E-state index contributed by atoms with van der Waals surface area (Å²) in [6.07, 6.45) is 2.93. The highest BCUT2D eigenvalue weighted by Crippen LogP contribution is 2.31. The minimum atomic E-state index is -0.468. The van der Waals surface area contributed by atoms with E-state index in [4.69, 9.17) is 4.74 Å². The summed E-state index contributed by atoms with van der Waals surface area (Å²) in [4.78, 5) is 38.2. The zero-order valence-electron chi connectivity index (χ0n) is 15.8. The van der Waals surface area contributed by atoms with Gasteiger partial charge in [-0.1, -0.05) is 18.2 Å². The van der Waals surface area contributed by atoms with Crippen molar-refractivity contribution in [1.82, 2.24) is 14.9 Å². The molecule has 30 heavy (non-hydrogen) atoms. The molecule has 150 valence electrons. The van der Waals surface area contributed by atoms with E-state index >= 15 is 0 Å². The summed E-state index contributed by atoms with van der Waals surface area (Å²) in [5.41, 5.74) is 0.860. The summed E-state index contributed by atoms with van der Waals surface area (Å²) >= 11 is 3.40. The number of carbonyl (C=O) groups excluding carboxylic acids is 2. The fourth-order valence-corrected chi connectivity index (χ4v) is 4.18. The van der Waals surface area contributed by atoms with E-state index in [1.807, 2.05) is 23.1 Å². The van der Waals surface area contributed by atoms with Gasteiger partial charge in [-0.25, -0.2) is 9.97 Å². The summed E-state index contributed by atoms with van der Waals surface area (Å²) in [6.45, 7) is 0.904. The molecule has 1 aromatic carbocycles. The number of nitrogens with zero attached hydrogens (tertiary/aromatic N) is 4. The van der Waals surface area contributed by atoms with Crippen LogP contribution in [-0.2, 0) is 0 Å². The van der Waals surface area contributed by atoms with Crippen LogP contribution in [0.5, 0.6) is 5.88 Å². The van der Waals surface area contributed by atoms with Crippen LogP contribution in [0.3, 0.4) is 0 Å². The number of amides is 2. The van der Waals surface area contributed by atoms with Gasteiger partial charge in [0, 0.05) is 29.5 Å². The third-order valence-corrected chi connectivity index (χ3v) is 5.81. The second-order valence-electron chi connectivity index (χ2n) is 7.16. The molecule has 0 radical (unpaired) electrons. The number of carbonyl (C=O) groups is 2. The number of aromatic nitrogens is 2. The number of pyridine rings is 2. The Morgan fingerprint density at radius 1 is 0.900 bits per heavy atom. The topological polar surface area (TPSA) is 75.6 Å². The minimum absolute atomic E-state index is 0.291. The van der Waals surface area contributed by atoms with E-state index < -0.39 is 12.1 Å². The molecule has 1 saturated heterocycles. The van der Waals surface area contributed by atoms with Gasteiger partial charge in [-0.3, -0.25) is 14.5 Å². The smallest absolute Gasteiger partial charge is 0.262 e. The van der Waals surface area contributed by atoms with Crippen LogP contribution in [0.25, 0.3) is 0 Å². The van der Waals surface area contributed by atoms with Crippen LogP contribution in [0.1, 0.15) is 20.7 Å². The van der Waals surface area contributed by atoms with Gasteiger partial charge < -0.3 is 9.64 Å². The Morgan fingerprint density at radius 2 is 1.63 bits per heavy atom. The van der Waals surface area contributed by atoms with Crippen molar-refractivity contribution >= 4 is 33.6 Å². The zero-order valence-corrected chi connectivity index (χ0v) is 17.4. The molecular weight excluding hydrogens is 448 g/mol. The first kappa shape index (κ1) is 18.7. The number of imide groups is 1. The van der Waals surface area contributed by atoms with E-state index in [9.17, 15) is 9.59 Å². The normalized spacial score (nSPS) is 20.6. The number of rotatable bonds is 4. The fourth-order valence-electron chi connectivity index (χ4n) is 3.94. The van der Waals surface area contributed by atoms with Crippen molar-refractivity contribution in [3.63, 3.8) is 0 Å². The summed E-state index contributed by atoms with van der Waals surface area (Å²) in [5, 5.41) is 0. The minimum Gasteiger partial charge on any atom is -0.470 e. The summed E-state index contributed by atoms with van der Waals surface area (Å²) < 4.78 is 7.01. The lowest BCUT2D eigenvalue weighted by molar-refractivity contribution is 0.0480. The van der Waals surface area contributed by atoms with Crippen molar-refractivity contribution in [1.29, 1.82) is 0 Å². The van der Waals surface area contributed by atoms with Gasteiger partial charge in [0.15, 0.2) is 0 Å². The zero-order chi connectivity index (χ0) is 20.7. The van der Waals surface area contributed by atoms with Gasteiger partial charge >= 0.3 is 0 Å². The largest absolute Gasteiger partial charge is 0.470 e. The fraction of sp³-hybridized carbons (Fsp3) is 0.182. The number of benzene rings is 1. The third kappa shape index (κ3) is 3.23. The molecule has 7 nitrogen and oxygen atoms in total. The lowest BCUT2D eigenvalue weighted by Crippen LogP contribution is -2.48. The Kier molecular flexibility index (Phi) is 4.71. The van der Waals surface area contributed by atoms with E-state index in [0.29, 0.717) is 30.1 Å². The first-order valence-corrected chi connectivity index (χ1v) is 10.3. The van der Waals surface area contributed by atoms with Crippen LogP contribution in [0.2, 0.25) is 0 Å². The SMILES string of the molecule is O=C1c2ccccc2C(=O)N1[C@H]1CN(c2ccc(Br)cn2)C[C@@H]1Oc1ccccn1. The lowest BCUT2D eigenvalue weighted by atomic mass is 10.1. The highest BCUT2D eigenvalue weighted by molar-refractivity contribution is 9.10. The molecule has 1 fully saturated rings. The molecule has 3 aromatic rings. The Hall–Kier alpha value is -3.26. The van der Waals surface area contributed by atoms with Crippen LogP contribution >= 0.6 is 15.9 Å². The van der Waals surface area contributed by atoms with Crippen LogP contribution in [0, 0.1) is 0 Å². The van der Waals surface area contributed by atoms with Crippen LogP contribution in [0.4, 0.5) is 5.82 Å². The van der Waals surface area contributed by atoms with Gasteiger partial charge in [0.25, 0.3) is 11.8 Å². The molecule has 0 aliphatic carbocycles. The standard InChI is InChI=1S/C22H17BrN4O3/c23-14-8-9-19(25-11-14)26-12-17(18(13-26)30-20-7-3-4-10-24-20)27-21(28)15-5-1-2-6-16(15)22(27)29/h1-11,17-18H,12-13H2/t17-,18-/m0/s1. The number of anilines is 1. The number of hydrogen-bond donors (Lipinski definition) is 0. The van der Waals surface area contributed by atoms with Crippen molar-refractivity contribution in [3.8, 4) is 5.88 Å². The van der Waals surface area contributed by atoms with Crippen molar-refractivity contribution in [3.05, 3.63) is 82.6 Å². The molecule has 4 heterocycles. The maximum atomic E-state index is 13.1. The molecule has 2 aromatic heterocycles. The van der Waals surface area contributed by atoms with Crippen molar-refractivity contribution in [2.45, 2.75) is 12.1 Å². The van der Waals surface area contributed by atoms with Crippen LogP contribution < -0.4 is 9.64 Å². The first-order chi connectivity index (χ1) is 14.6. The van der Waals surface area contributed by atoms with E-state index in [0.717, 1.165) is 10.3 Å². The van der Waals surface area contributed by atoms with Gasteiger partial charge in [-0.05, 0) is 46.3 Å². The molecule has 2 aliphatic heterocycles. The predicted molar refractivity (Wildman–Crippen MR) is 114 cm³/mol. The molecule has 0 spiro atoms. The number of hydrogen-bond acceptors (Lipinski definition) is 6. The van der Waals surface area contributed by atoms with E-state index in [-0.39, 0.29) is 11.8 Å². The average Bonchev–Trinajstić information content (AvgIpc) is 3.28. The van der Waals surface area contributed by atoms with E-state index in [1.54, 1.807) is 48.8 Å². The van der Waals surface area contributed by atoms with Gasteiger partial charge in [0.2, 0.25) is 5.88 Å². The summed E-state index contributed by atoms with van der Waals surface area (Å²) in [7, 11) is 0. The quantitative estimate of drug-likeness (QED) is 0.552. The lowest BCUT2D eigenvalue weighted by Gasteiger charge is -2.26. The molecule has 0 bridgehead atoms. The monoisotopic (exact) mass is 464 g/mol. The maximum absolute atomic E-state index is 13.1. The van der Waals surface area contributed by atoms with Crippen LogP contribution in [-0.4, -0.2) is 51.9 Å². The Labute approximate surface area is 181 Å². The molecular formula is C22H17BrN4O3. The molecule has 2 aliphatic rings. The maximum Gasteiger partial charge on any atom is 0.262 e. The summed E-state index contributed by atoms with van der Waals surface area (Å²) in [5.74, 6) is 0.628. The van der Waals surface area contributed by atoms with Gasteiger partial charge in [-0.2, -0.15) is 0 Å². The molecule has 2 atom stereocenters. The second kappa shape index (κ2) is 7.53. The molecule has 0 saturated carbocycles. The highest BCUT2D eigenvalue weighted by atomic mass is 79.9. The Balaban J connectivity index is 1.48. The Bertz CT molecular complexity index is 1070. The van der Waals surface area contributed by atoms with Crippen molar-refractivity contribution in [2.24, 2.45) is 0 Å². The number of halogens is 1. The molecule has 5 rings (SSSR count). The van der Waals surface area contributed by atoms with E-state index in [2.05, 4.69) is 25.9 Å². The molecule has 8 heteroatoms. The third-order valence-electron chi connectivity index (χ3n) is 5.34. The summed E-state index contributed by atoms with van der Waals surface area (Å²) in [6, 6.07) is 15.7. The van der Waals surface area contributed by atoms with Gasteiger partial charge in [-0.15, -0.1) is 0 Å².